The van der Waals surface area contributed by atoms with E-state index in [1.807, 2.05) is 0 Å². The summed E-state index contributed by atoms with van der Waals surface area (Å²) in [6, 6.07) is 8.14. The number of carbonyl (C=O) groups is 1. The van der Waals surface area contributed by atoms with Gasteiger partial charge in [0.2, 0.25) is 0 Å². The molecule has 9 heteroatoms. The lowest BCUT2D eigenvalue weighted by molar-refractivity contribution is -0.139. The third-order valence-corrected chi connectivity index (χ3v) is 7.57. The fourth-order valence-corrected chi connectivity index (χ4v) is 5.70. The van der Waals surface area contributed by atoms with Crippen molar-refractivity contribution in [3.05, 3.63) is 64.7 Å². The molecule has 1 aliphatic carbocycles. The zero-order valence-electron chi connectivity index (χ0n) is 14.6. The van der Waals surface area contributed by atoms with Crippen LogP contribution in [0.5, 0.6) is 0 Å². The molecule has 2 aromatic rings. The molecular formula is C19H17ClF2O5S. The number of aliphatic carboxylic acids is 1. The van der Waals surface area contributed by atoms with E-state index >= 15 is 0 Å². The fraction of sp³-hybridized carbons (Fsp3) is 0.316. The van der Waals surface area contributed by atoms with Crippen LogP contribution < -0.4 is 0 Å². The van der Waals surface area contributed by atoms with Crippen molar-refractivity contribution < 1.29 is 31.8 Å². The summed E-state index contributed by atoms with van der Waals surface area (Å²) >= 11 is 5.82. The van der Waals surface area contributed by atoms with E-state index in [-0.39, 0.29) is 36.3 Å². The number of hydrogen-bond donors (Lipinski definition) is 1. The van der Waals surface area contributed by atoms with Crippen molar-refractivity contribution in [2.24, 2.45) is 0 Å². The van der Waals surface area contributed by atoms with E-state index in [4.69, 9.17) is 21.4 Å². The van der Waals surface area contributed by atoms with Crippen molar-refractivity contribution in [1.29, 1.82) is 0 Å². The van der Waals surface area contributed by atoms with Crippen LogP contribution in [0.25, 0.3) is 0 Å². The summed E-state index contributed by atoms with van der Waals surface area (Å²) in [5.41, 5.74) is -0.263. The van der Waals surface area contributed by atoms with E-state index in [0.717, 1.165) is 18.2 Å². The number of sulfone groups is 1. The molecule has 1 aliphatic rings. The zero-order chi connectivity index (χ0) is 20.5. The minimum Gasteiger partial charge on any atom is -0.481 e. The molecule has 0 heterocycles. The Labute approximate surface area is 165 Å². The van der Waals surface area contributed by atoms with Gasteiger partial charge in [-0.2, -0.15) is 0 Å². The molecule has 0 radical (unpaired) electrons. The van der Waals surface area contributed by atoms with Gasteiger partial charge in [0.15, 0.2) is 9.84 Å². The van der Waals surface area contributed by atoms with Crippen molar-refractivity contribution in [1.82, 2.24) is 0 Å². The van der Waals surface area contributed by atoms with Gasteiger partial charge in [0, 0.05) is 10.6 Å². The molecule has 2 aromatic carbocycles. The number of hydrogen-bond acceptors (Lipinski definition) is 4. The molecule has 0 unspecified atom stereocenters. The maximum atomic E-state index is 14.5. The Hall–Kier alpha value is -2.03. The van der Waals surface area contributed by atoms with Gasteiger partial charge in [-0.05, 0) is 55.3 Å². The molecule has 3 rings (SSSR count). The van der Waals surface area contributed by atoms with E-state index in [1.165, 1.54) is 24.3 Å². The summed E-state index contributed by atoms with van der Waals surface area (Å²) in [5, 5.41) is 9.03. The minimum atomic E-state index is -4.11. The molecule has 1 N–H and O–H groups in total. The molecule has 0 saturated heterocycles. The Morgan fingerprint density at radius 1 is 1.18 bits per heavy atom. The average Bonchev–Trinajstić information content (AvgIpc) is 2.59. The largest absolute Gasteiger partial charge is 0.481 e. The van der Waals surface area contributed by atoms with Gasteiger partial charge in [-0.3, -0.25) is 4.79 Å². The standard InChI is InChI=1S/C19H17ClF2O5S/c20-12-1-4-15(5-2-12)28(25,26)19(16-9-13(21)3-6-17(16)22)10-14(11-19)27-8-7-18(23)24/h1-6,9,14H,7-8,10-11H2,(H,23,24). The lowest BCUT2D eigenvalue weighted by Gasteiger charge is -2.46. The van der Waals surface area contributed by atoms with E-state index in [9.17, 15) is 22.0 Å². The fourth-order valence-electron chi connectivity index (χ4n) is 3.38. The molecule has 0 spiro atoms. The monoisotopic (exact) mass is 430 g/mol. The highest BCUT2D eigenvalue weighted by atomic mass is 35.5. The highest BCUT2D eigenvalue weighted by molar-refractivity contribution is 7.92. The lowest BCUT2D eigenvalue weighted by Crippen LogP contribution is -2.52. The Morgan fingerprint density at radius 2 is 1.82 bits per heavy atom. The summed E-state index contributed by atoms with van der Waals surface area (Å²) in [6.07, 6.45) is -1.04. The first-order valence-electron chi connectivity index (χ1n) is 8.45. The van der Waals surface area contributed by atoms with Crippen LogP contribution in [0, 0.1) is 11.6 Å². The molecule has 1 saturated carbocycles. The predicted octanol–water partition coefficient (Wildman–Crippen LogP) is 3.94. The Balaban J connectivity index is 1.98. The van der Waals surface area contributed by atoms with Gasteiger partial charge < -0.3 is 9.84 Å². The van der Waals surface area contributed by atoms with Crippen LogP contribution in [0.15, 0.2) is 47.4 Å². The van der Waals surface area contributed by atoms with Crippen LogP contribution in [-0.2, 0) is 24.1 Å². The van der Waals surface area contributed by atoms with Crippen molar-refractivity contribution in [3.63, 3.8) is 0 Å². The minimum absolute atomic E-state index is 0.0652. The van der Waals surface area contributed by atoms with Crippen LogP contribution in [0.1, 0.15) is 24.8 Å². The summed E-state index contributed by atoms with van der Waals surface area (Å²) in [7, 11) is -4.11. The SMILES string of the molecule is O=C(O)CCOC1CC(c2cc(F)ccc2F)(S(=O)(=O)c2ccc(Cl)cc2)C1. The first-order chi connectivity index (χ1) is 13.2. The first-order valence-corrected chi connectivity index (χ1v) is 10.3. The Morgan fingerprint density at radius 3 is 2.43 bits per heavy atom. The summed E-state index contributed by atoms with van der Waals surface area (Å²) in [4.78, 5) is 10.5. The van der Waals surface area contributed by atoms with E-state index in [1.54, 1.807) is 0 Å². The lowest BCUT2D eigenvalue weighted by atomic mass is 9.76. The second kappa shape index (κ2) is 7.77. The van der Waals surface area contributed by atoms with Crippen LogP contribution in [0.3, 0.4) is 0 Å². The van der Waals surface area contributed by atoms with Crippen LogP contribution >= 0.6 is 11.6 Å². The molecule has 0 aliphatic heterocycles. The molecule has 0 amide bonds. The average molecular weight is 431 g/mol. The molecule has 0 aromatic heterocycles. The molecular weight excluding hydrogens is 414 g/mol. The van der Waals surface area contributed by atoms with Crippen LogP contribution in [-0.4, -0.2) is 32.2 Å². The van der Waals surface area contributed by atoms with E-state index in [0.29, 0.717) is 5.02 Å². The maximum absolute atomic E-state index is 14.5. The highest BCUT2D eigenvalue weighted by Gasteiger charge is 2.57. The van der Waals surface area contributed by atoms with Gasteiger partial charge in [-0.15, -0.1) is 0 Å². The predicted molar refractivity (Wildman–Crippen MR) is 97.9 cm³/mol. The van der Waals surface area contributed by atoms with E-state index < -0.39 is 38.3 Å². The number of rotatable bonds is 7. The number of benzene rings is 2. The van der Waals surface area contributed by atoms with Crippen molar-refractivity contribution in [2.45, 2.75) is 35.0 Å². The highest BCUT2D eigenvalue weighted by Crippen LogP contribution is 2.52. The maximum Gasteiger partial charge on any atom is 0.305 e. The van der Waals surface area contributed by atoms with Gasteiger partial charge in [-0.25, -0.2) is 17.2 Å². The third kappa shape index (κ3) is 3.76. The summed E-state index contributed by atoms with van der Waals surface area (Å²) in [5.74, 6) is -2.63. The molecule has 0 atom stereocenters. The van der Waals surface area contributed by atoms with Gasteiger partial charge in [-0.1, -0.05) is 11.6 Å². The van der Waals surface area contributed by atoms with Gasteiger partial charge >= 0.3 is 5.97 Å². The number of carboxylic acids is 1. The first kappa shape index (κ1) is 20.7. The van der Waals surface area contributed by atoms with Gasteiger partial charge in [0.1, 0.15) is 16.4 Å². The normalized spacial score (nSPS) is 21.9. The van der Waals surface area contributed by atoms with Gasteiger partial charge in [0.05, 0.1) is 24.0 Å². The van der Waals surface area contributed by atoms with Gasteiger partial charge in [0.25, 0.3) is 0 Å². The van der Waals surface area contributed by atoms with Crippen LogP contribution in [0.4, 0.5) is 8.78 Å². The number of halogens is 3. The molecule has 28 heavy (non-hydrogen) atoms. The van der Waals surface area contributed by atoms with Crippen molar-refractivity contribution in [2.75, 3.05) is 6.61 Å². The third-order valence-electron chi connectivity index (χ3n) is 4.84. The molecule has 150 valence electrons. The van der Waals surface area contributed by atoms with Crippen molar-refractivity contribution in [3.8, 4) is 0 Å². The second-order valence-corrected chi connectivity index (χ2v) is 9.32. The molecule has 0 bridgehead atoms. The quantitative estimate of drug-likeness (QED) is 0.719. The second-order valence-electron chi connectivity index (χ2n) is 6.62. The topological polar surface area (TPSA) is 80.7 Å². The van der Waals surface area contributed by atoms with Crippen LogP contribution in [0.2, 0.25) is 5.02 Å². The zero-order valence-corrected chi connectivity index (χ0v) is 16.1. The molecule has 5 nitrogen and oxygen atoms in total. The summed E-state index contributed by atoms with van der Waals surface area (Å²) < 4.78 is 58.7. The Kier molecular flexibility index (Phi) is 5.74. The van der Waals surface area contributed by atoms with E-state index in [2.05, 4.69) is 0 Å². The van der Waals surface area contributed by atoms with Crippen molar-refractivity contribution >= 4 is 27.4 Å². The summed E-state index contributed by atoms with van der Waals surface area (Å²) in [6.45, 7) is -0.0945. The Bertz CT molecular complexity index is 986. The molecule has 1 fully saturated rings. The number of carboxylic acid groups (broad SMARTS) is 1. The smallest absolute Gasteiger partial charge is 0.305 e. The number of ether oxygens (including phenoxy) is 1.